The largest absolute Gasteiger partial charge is 0.459 e. The Morgan fingerprint density at radius 2 is 1.52 bits per heavy atom. The molecule has 2 aromatic carbocycles. The summed E-state index contributed by atoms with van der Waals surface area (Å²) >= 11 is 0. The Morgan fingerprint density at radius 1 is 0.920 bits per heavy atom. The van der Waals surface area contributed by atoms with Crippen molar-refractivity contribution in [3.8, 4) is 0 Å². The summed E-state index contributed by atoms with van der Waals surface area (Å²) in [5.41, 5.74) is 1.36. The van der Waals surface area contributed by atoms with Gasteiger partial charge in [-0.2, -0.15) is 0 Å². The van der Waals surface area contributed by atoms with Crippen LogP contribution < -0.4 is 0 Å². The van der Waals surface area contributed by atoms with Gasteiger partial charge in [0.05, 0.1) is 17.2 Å². The topological polar surface area (TPSA) is 52.6 Å². The molecule has 4 nitrogen and oxygen atoms in total. The molecule has 0 aliphatic rings. The molecule has 1 unspecified atom stereocenters. The first kappa shape index (κ1) is 18.7. The Balaban J connectivity index is 2.03. The minimum Gasteiger partial charge on any atom is -0.459 e. The lowest BCUT2D eigenvalue weighted by molar-refractivity contribution is 0.0306. The summed E-state index contributed by atoms with van der Waals surface area (Å²) in [6, 6.07) is 16.0. The van der Waals surface area contributed by atoms with E-state index >= 15 is 0 Å². The highest BCUT2D eigenvalue weighted by molar-refractivity contribution is 6.03. The second-order valence-electron chi connectivity index (χ2n) is 5.97. The highest BCUT2D eigenvalue weighted by atomic mass is 16.5. The van der Waals surface area contributed by atoms with Crippen LogP contribution in [0.2, 0.25) is 0 Å². The Kier molecular flexibility index (Phi) is 7.20. The molecular weight excluding hydrogens is 316 g/mol. The maximum Gasteiger partial charge on any atom is 0.339 e. The number of unbranched alkanes of at least 4 members (excludes halogenated alkanes) is 1. The predicted molar refractivity (Wildman–Crippen MR) is 96.4 cm³/mol. The average molecular weight is 340 g/mol. The van der Waals surface area contributed by atoms with Crippen LogP contribution in [0.25, 0.3) is 0 Å². The van der Waals surface area contributed by atoms with Crippen LogP contribution in [-0.2, 0) is 16.1 Å². The monoisotopic (exact) mass is 340 g/mol. The van der Waals surface area contributed by atoms with E-state index in [1.54, 1.807) is 24.3 Å². The molecule has 0 amide bonds. The zero-order valence-electron chi connectivity index (χ0n) is 14.7. The zero-order valence-corrected chi connectivity index (χ0v) is 14.7. The van der Waals surface area contributed by atoms with E-state index in [2.05, 4.69) is 6.92 Å². The van der Waals surface area contributed by atoms with Crippen LogP contribution in [0.5, 0.6) is 0 Å². The number of benzene rings is 2. The molecule has 0 saturated heterocycles. The maximum atomic E-state index is 12.4. The van der Waals surface area contributed by atoms with Crippen molar-refractivity contribution in [3.05, 3.63) is 71.3 Å². The summed E-state index contributed by atoms with van der Waals surface area (Å²) in [5.74, 6) is -1.02. The molecule has 0 fully saturated rings. The summed E-state index contributed by atoms with van der Waals surface area (Å²) in [6.45, 7) is 4.12. The minimum absolute atomic E-state index is 0.163. The molecule has 2 aromatic rings. The first-order chi connectivity index (χ1) is 12.1. The van der Waals surface area contributed by atoms with Crippen molar-refractivity contribution in [1.29, 1.82) is 0 Å². The zero-order chi connectivity index (χ0) is 18.1. The number of hydrogen-bond acceptors (Lipinski definition) is 4. The second-order valence-corrected chi connectivity index (χ2v) is 5.97. The molecule has 0 radical (unpaired) electrons. The molecule has 0 saturated carbocycles. The molecule has 0 spiro atoms. The molecule has 0 aliphatic carbocycles. The van der Waals surface area contributed by atoms with Gasteiger partial charge in [0.1, 0.15) is 6.61 Å². The summed E-state index contributed by atoms with van der Waals surface area (Å²) < 4.78 is 10.8. The van der Waals surface area contributed by atoms with E-state index in [4.69, 9.17) is 9.47 Å². The number of esters is 2. The van der Waals surface area contributed by atoms with Crippen molar-refractivity contribution in [2.24, 2.45) is 0 Å². The molecule has 0 bridgehead atoms. The van der Waals surface area contributed by atoms with Crippen molar-refractivity contribution in [1.82, 2.24) is 0 Å². The lowest BCUT2D eigenvalue weighted by Crippen LogP contribution is -2.18. The standard InChI is InChI=1S/C21H24O4/c1-3-4-10-16(2)25-21(23)19-14-9-8-13-18(19)20(22)24-15-17-11-6-5-7-12-17/h5-9,11-14,16H,3-4,10,15H2,1-2H3. The Labute approximate surface area is 148 Å². The fourth-order valence-electron chi connectivity index (χ4n) is 2.44. The third-order valence-electron chi connectivity index (χ3n) is 3.85. The number of rotatable bonds is 8. The lowest BCUT2D eigenvalue weighted by atomic mass is 10.1. The Morgan fingerprint density at radius 3 is 2.16 bits per heavy atom. The number of ether oxygens (including phenoxy) is 2. The van der Waals surface area contributed by atoms with Gasteiger partial charge in [-0.3, -0.25) is 0 Å². The molecule has 2 rings (SSSR count). The van der Waals surface area contributed by atoms with Crippen molar-refractivity contribution in [3.63, 3.8) is 0 Å². The smallest absolute Gasteiger partial charge is 0.339 e. The maximum absolute atomic E-state index is 12.4. The molecule has 132 valence electrons. The van der Waals surface area contributed by atoms with Gasteiger partial charge in [-0.05, 0) is 31.0 Å². The summed E-state index contributed by atoms with van der Waals surface area (Å²) in [6.07, 6.45) is 2.67. The van der Waals surface area contributed by atoms with Gasteiger partial charge < -0.3 is 9.47 Å². The van der Waals surface area contributed by atoms with Crippen molar-refractivity contribution < 1.29 is 19.1 Å². The summed E-state index contributed by atoms with van der Waals surface area (Å²) in [7, 11) is 0. The highest BCUT2D eigenvalue weighted by Crippen LogP contribution is 2.15. The average Bonchev–Trinajstić information content (AvgIpc) is 2.65. The van der Waals surface area contributed by atoms with E-state index in [9.17, 15) is 9.59 Å². The number of hydrogen-bond donors (Lipinski definition) is 0. The van der Waals surface area contributed by atoms with E-state index in [1.165, 1.54) is 0 Å². The molecule has 0 heterocycles. The van der Waals surface area contributed by atoms with Crippen LogP contribution in [0.4, 0.5) is 0 Å². The van der Waals surface area contributed by atoms with Gasteiger partial charge in [0, 0.05) is 0 Å². The normalized spacial score (nSPS) is 11.6. The molecule has 1 atom stereocenters. The molecule has 4 heteroatoms. The van der Waals surface area contributed by atoms with Gasteiger partial charge >= 0.3 is 11.9 Å². The van der Waals surface area contributed by atoms with E-state index in [0.717, 1.165) is 24.8 Å². The van der Waals surface area contributed by atoms with Gasteiger partial charge in [0.25, 0.3) is 0 Å². The number of carbonyl (C=O) groups excluding carboxylic acids is 2. The summed E-state index contributed by atoms with van der Waals surface area (Å²) in [4.78, 5) is 24.8. The fourth-order valence-corrected chi connectivity index (χ4v) is 2.44. The molecular formula is C21H24O4. The second kappa shape index (κ2) is 9.62. The van der Waals surface area contributed by atoms with E-state index in [-0.39, 0.29) is 23.8 Å². The van der Waals surface area contributed by atoms with Crippen LogP contribution in [0.3, 0.4) is 0 Å². The third kappa shape index (κ3) is 5.75. The van der Waals surface area contributed by atoms with Crippen molar-refractivity contribution in [2.45, 2.75) is 45.8 Å². The van der Waals surface area contributed by atoms with Crippen LogP contribution in [0, 0.1) is 0 Å². The van der Waals surface area contributed by atoms with Crippen molar-refractivity contribution >= 4 is 11.9 Å². The van der Waals surface area contributed by atoms with Crippen LogP contribution in [0.1, 0.15) is 59.4 Å². The molecule has 25 heavy (non-hydrogen) atoms. The van der Waals surface area contributed by atoms with Gasteiger partial charge in [-0.25, -0.2) is 9.59 Å². The molecule has 0 aromatic heterocycles. The molecule has 0 N–H and O–H groups in total. The van der Waals surface area contributed by atoms with E-state index in [1.807, 2.05) is 37.3 Å². The van der Waals surface area contributed by atoms with Crippen molar-refractivity contribution in [2.75, 3.05) is 0 Å². The fraction of sp³-hybridized carbons (Fsp3) is 0.333. The van der Waals surface area contributed by atoms with E-state index in [0.29, 0.717) is 0 Å². The predicted octanol–water partition coefficient (Wildman–Crippen LogP) is 4.78. The molecule has 0 aliphatic heterocycles. The first-order valence-electron chi connectivity index (χ1n) is 8.63. The van der Waals surface area contributed by atoms with Crippen LogP contribution >= 0.6 is 0 Å². The Hall–Kier alpha value is -2.62. The van der Waals surface area contributed by atoms with Gasteiger partial charge in [-0.15, -0.1) is 0 Å². The van der Waals surface area contributed by atoms with E-state index < -0.39 is 11.9 Å². The Bertz CT molecular complexity index is 694. The third-order valence-corrected chi connectivity index (χ3v) is 3.85. The summed E-state index contributed by atoms with van der Waals surface area (Å²) in [5, 5.41) is 0. The van der Waals surface area contributed by atoms with Crippen LogP contribution in [-0.4, -0.2) is 18.0 Å². The quantitative estimate of drug-likeness (QED) is 0.649. The SMILES string of the molecule is CCCCC(C)OC(=O)c1ccccc1C(=O)OCc1ccccc1. The van der Waals surface area contributed by atoms with Crippen LogP contribution in [0.15, 0.2) is 54.6 Å². The minimum atomic E-state index is -0.530. The first-order valence-corrected chi connectivity index (χ1v) is 8.63. The van der Waals surface area contributed by atoms with Gasteiger partial charge in [-0.1, -0.05) is 62.2 Å². The van der Waals surface area contributed by atoms with Gasteiger partial charge in [0.2, 0.25) is 0 Å². The highest BCUT2D eigenvalue weighted by Gasteiger charge is 2.20. The number of carbonyl (C=O) groups is 2. The lowest BCUT2D eigenvalue weighted by Gasteiger charge is -2.14. The van der Waals surface area contributed by atoms with Gasteiger partial charge in [0.15, 0.2) is 0 Å².